The Balaban J connectivity index is 2.44. The van der Waals surface area contributed by atoms with Crippen LogP contribution >= 0.6 is 0 Å². The van der Waals surface area contributed by atoms with Crippen molar-refractivity contribution < 1.29 is 13.2 Å². The van der Waals surface area contributed by atoms with E-state index in [-0.39, 0.29) is 11.8 Å². The van der Waals surface area contributed by atoms with Crippen LogP contribution < -0.4 is 10.5 Å². The lowest BCUT2D eigenvalue weighted by molar-refractivity contribution is 0.167. The second kappa shape index (κ2) is 7.48. The second-order valence-corrected chi connectivity index (χ2v) is 5.83. The predicted molar refractivity (Wildman–Crippen MR) is 71.7 cm³/mol. The van der Waals surface area contributed by atoms with E-state index in [9.17, 15) is 8.42 Å². The fourth-order valence-corrected chi connectivity index (χ4v) is 2.22. The van der Waals surface area contributed by atoms with Gasteiger partial charge in [0.2, 0.25) is 10.0 Å². The number of nitrogens with two attached hydrogens (primary N) is 1. The highest BCUT2D eigenvalue weighted by atomic mass is 32.2. The summed E-state index contributed by atoms with van der Waals surface area (Å²) in [5, 5.41) is 8.21. The first-order valence-corrected chi connectivity index (χ1v) is 7.52. The summed E-state index contributed by atoms with van der Waals surface area (Å²) < 4.78 is 26.7. The monoisotopic (exact) mass is 272 g/mol. The van der Waals surface area contributed by atoms with Crippen molar-refractivity contribution in [1.82, 2.24) is 5.32 Å². The lowest BCUT2D eigenvalue weighted by Gasteiger charge is -2.18. The molecule has 1 rings (SSSR count). The van der Waals surface area contributed by atoms with Gasteiger partial charge in [0.1, 0.15) is 0 Å². The average Bonchev–Trinajstić information content (AvgIpc) is 2.33. The number of hydrogen-bond donors (Lipinski definition) is 2. The van der Waals surface area contributed by atoms with Crippen molar-refractivity contribution in [3.05, 3.63) is 35.9 Å². The second-order valence-electron chi connectivity index (χ2n) is 4.09. The van der Waals surface area contributed by atoms with Crippen molar-refractivity contribution in [2.75, 3.05) is 26.0 Å². The van der Waals surface area contributed by atoms with Gasteiger partial charge in [0, 0.05) is 7.11 Å². The average molecular weight is 272 g/mol. The molecule has 18 heavy (non-hydrogen) atoms. The molecule has 0 aromatic heterocycles. The molecule has 0 amide bonds. The summed E-state index contributed by atoms with van der Waals surface area (Å²) >= 11 is 0. The number of nitrogens with one attached hydrogen (secondary N) is 1. The van der Waals surface area contributed by atoms with Crippen LogP contribution in [0.4, 0.5) is 0 Å². The van der Waals surface area contributed by atoms with Gasteiger partial charge in [0.05, 0.1) is 18.4 Å². The zero-order chi connectivity index (χ0) is 13.4. The summed E-state index contributed by atoms with van der Waals surface area (Å²) in [6.45, 7) is 1.12. The molecule has 1 unspecified atom stereocenters. The molecule has 0 fully saturated rings. The topological polar surface area (TPSA) is 81.4 Å². The summed E-state index contributed by atoms with van der Waals surface area (Å²) in [6, 6.07) is 9.96. The normalized spacial score (nSPS) is 13.4. The SMILES string of the molecule is COCC(NCCCS(N)(=O)=O)c1ccccc1. The molecule has 3 N–H and O–H groups in total. The molecule has 0 aliphatic heterocycles. The Hall–Kier alpha value is -0.950. The highest BCUT2D eigenvalue weighted by Gasteiger charge is 2.10. The largest absolute Gasteiger partial charge is 0.383 e. The van der Waals surface area contributed by atoms with E-state index in [1.807, 2.05) is 30.3 Å². The molecule has 0 saturated heterocycles. The lowest BCUT2D eigenvalue weighted by Crippen LogP contribution is -2.28. The summed E-state index contributed by atoms with van der Waals surface area (Å²) in [7, 11) is -1.73. The summed E-state index contributed by atoms with van der Waals surface area (Å²) in [5.41, 5.74) is 1.12. The van der Waals surface area contributed by atoms with E-state index in [1.54, 1.807) is 7.11 Å². The van der Waals surface area contributed by atoms with E-state index in [0.29, 0.717) is 19.6 Å². The van der Waals surface area contributed by atoms with Gasteiger partial charge in [-0.2, -0.15) is 0 Å². The predicted octanol–water partition coefficient (Wildman–Crippen LogP) is 0.642. The van der Waals surface area contributed by atoms with Crippen LogP contribution in [-0.4, -0.2) is 34.4 Å². The van der Waals surface area contributed by atoms with Crippen molar-refractivity contribution in [2.45, 2.75) is 12.5 Å². The molecule has 0 spiro atoms. The van der Waals surface area contributed by atoms with Gasteiger partial charge >= 0.3 is 0 Å². The van der Waals surface area contributed by atoms with E-state index >= 15 is 0 Å². The van der Waals surface area contributed by atoms with Crippen LogP contribution in [0, 0.1) is 0 Å². The van der Waals surface area contributed by atoms with Crippen LogP contribution in [-0.2, 0) is 14.8 Å². The van der Waals surface area contributed by atoms with E-state index in [4.69, 9.17) is 9.88 Å². The summed E-state index contributed by atoms with van der Waals surface area (Å²) in [5.74, 6) is -0.00546. The molecular formula is C12H20N2O3S. The number of methoxy groups -OCH3 is 1. The molecular weight excluding hydrogens is 252 g/mol. The first-order chi connectivity index (χ1) is 8.53. The molecule has 102 valence electrons. The maximum Gasteiger partial charge on any atom is 0.209 e. The lowest BCUT2D eigenvalue weighted by atomic mass is 10.1. The first kappa shape index (κ1) is 15.1. The molecule has 6 heteroatoms. The third-order valence-corrected chi connectivity index (χ3v) is 3.39. The van der Waals surface area contributed by atoms with Gasteiger partial charge in [0.15, 0.2) is 0 Å². The van der Waals surface area contributed by atoms with Gasteiger partial charge in [-0.05, 0) is 18.5 Å². The van der Waals surface area contributed by atoms with Gasteiger partial charge in [-0.25, -0.2) is 13.6 Å². The number of primary sulfonamides is 1. The Morgan fingerprint density at radius 1 is 1.33 bits per heavy atom. The van der Waals surface area contributed by atoms with Gasteiger partial charge in [-0.3, -0.25) is 0 Å². The first-order valence-electron chi connectivity index (χ1n) is 5.80. The van der Waals surface area contributed by atoms with Gasteiger partial charge in [-0.15, -0.1) is 0 Å². The number of ether oxygens (including phenoxy) is 1. The Labute approximate surface area is 108 Å². The Bertz CT molecular complexity index is 434. The Morgan fingerprint density at radius 3 is 2.56 bits per heavy atom. The van der Waals surface area contributed by atoms with E-state index < -0.39 is 10.0 Å². The minimum Gasteiger partial charge on any atom is -0.383 e. The highest BCUT2D eigenvalue weighted by molar-refractivity contribution is 7.89. The molecule has 0 heterocycles. The molecule has 5 nitrogen and oxygen atoms in total. The minimum absolute atomic E-state index is 0.00546. The third kappa shape index (κ3) is 6.11. The molecule has 0 saturated carbocycles. The van der Waals surface area contributed by atoms with Crippen LogP contribution in [0.3, 0.4) is 0 Å². The van der Waals surface area contributed by atoms with Gasteiger partial charge in [-0.1, -0.05) is 30.3 Å². The summed E-state index contributed by atoms with van der Waals surface area (Å²) in [6.07, 6.45) is 0.492. The van der Waals surface area contributed by atoms with E-state index in [0.717, 1.165) is 5.56 Å². The van der Waals surface area contributed by atoms with Crippen LogP contribution in [0.5, 0.6) is 0 Å². The number of rotatable bonds is 8. The molecule has 0 aliphatic rings. The fourth-order valence-electron chi connectivity index (χ4n) is 1.67. The van der Waals surface area contributed by atoms with Crippen molar-refractivity contribution in [3.63, 3.8) is 0 Å². The van der Waals surface area contributed by atoms with Gasteiger partial charge < -0.3 is 10.1 Å². The standard InChI is InChI=1S/C12H20N2O3S/c1-17-10-12(11-6-3-2-4-7-11)14-8-5-9-18(13,15)16/h2-4,6-7,12,14H,5,8-10H2,1H3,(H2,13,15,16). The smallest absolute Gasteiger partial charge is 0.209 e. The molecule has 1 atom stereocenters. The van der Waals surface area contributed by atoms with Crippen molar-refractivity contribution in [1.29, 1.82) is 0 Å². The molecule has 1 aromatic carbocycles. The van der Waals surface area contributed by atoms with Crippen LogP contribution in [0.25, 0.3) is 0 Å². The highest BCUT2D eigenvalue weighted by Crippen LogP contribution is 2.12. The van der Waals surface area contributed by atoms with Crippen molar-refractivity contribution in [3.8, 4) is 0 Å². The quantitative estimate of drug-likeness (QED) is 0.681. The van der Waals surface area contributed by atoms with Crippen LogP contribution in [0.2, 0.25) is 0 Å². The van der Waals surface area contributed by atoms with Crippen LogP contribution in [0.1, 0.15) is 18.0 Å². The maximum absolute atomic E-state index is 10.8. The van der Waals surface area contributed by atoms with Crippen LogP contribution in [0.15, 0.2) is 30.3 Å². The van der Waals surface area contributed by atoms with E-state index in [1.165, 1.54) is 0 Å². The Morgan fingerprint density at radius 2 is 2.00 bits per heavy atom. The molecule has 1 aromatic rings. The number of hydrogen-bond acceptors (Lipinski definition) is 4. The zero-order valence-electron chi connectivity index (χ0n) is 10.5. The fraction of sp³-hybridized carbons (Fsp3) is 0.500. The summed E-state index contributed by atoms with van der Waals surface area (Å²) in [4.78, 5) is 0. The Kier molecular flexibility index (Phi) is 6.28. The number of sulfonamides is 1. The zero-order valence-corrected chi connectivity index (χ0v) is 11.3. The maximum atomic E-state index is 10.8. The molecule has 0 radical (unpaired) electrons. The van der Waals surface area contributed by atoms with Crippen molar-refractivity contribution >= 4 is 10.0 Å². The van der Waals surface area contributed by atoms with Gasteiger partial charge in [0.25, 0.3) is 0 Å². The number of benzene rings is 1. The molecule has 0 bridgehead atoms. The van der Waals surface area contributed by atoms with Crippen molar-refractivity contribution in [2.24, 2.45) is 5.14 Å². The minimum atomic E-state index is -3.37. The molecule has 0 aliphatic carbocycles. The third-order valence-electron chi connectivity index (χ3n) is 2.53. The van der Waals surface area contributed by atoms with E-state index in [2.05, 4.69) is 5.32 Å².